The number of epoxide rings is 1. The molecule has 100 valence electrons. The van der Waals surface area contributed by atoms with Gasteiger partial charge in [-0.2, -0.15) is 0 Å². The van der Waals surface area contributed by atoms with Crippen molar-refractivity contribution in [1.29, 1.82) is 0 Å². The van der Waals surface area contributed by atoms with Gasteiger partial charge in [-0.25, -0.2) is 0 Å². The summed E-state index contributed by atoms with van der Waals surface area (Å²) in [6.45, 7) is 18.3. The number of hydrogen-bond acceptors (Lipinski definition) is 2. The van der Waals surface area contributed by atoms with E-state index in [9.17, 15) is 0 Å². The lowest BCUT2D eigenvalue weighted by molar-refractivity contribution is 0.219. The van der Waals surface area contributed by atoms with Crippen LogP contribution in [0.25, 0.3) is 0 Å². The van der Waals surface area contributed by atoms with Crippen LogP contribution in [0, 0.1) is 5.92 Å². The van der Waals surface area contributed by atoms with E-state index >= 15 is 0 Å². The second-order valence-electron chi connectivity index (χ2n) is 6.79. The van der Waals surface area contributed by atoms with Crippen molar-refractivity contribution in [3.63, 3.8) is 0 Å². The van der Waals surface area contributed by atoms with Gasteiger partial charge in [0.25, 0.3) is 0 Å². The van der Waals surface area contributed by atoms with E-state index in [1.165, 1.54) is 0 Å². The summed E-state index contributed by atoms with van der Waals surface area (Å²) in [6.07, 6.45) is 3.67. The van der Waals surface area contributed by atoms with Crippen molar-refractivity contribution < 1.29 is 9.16 Å². The molecule has 17 heavy (non-hydrogen) atoms. The molecule has 3 atom stereocenters. The van der Waals surface area contributed by atoms with Crippen LogP contribution in [0.2, 0.25) is 18.1 Å². The Bertz CT molecular complexity index is 268. The van der Waals surface area contributed by atoms with Gasteiger partial charge in [0.2, 0.25) is 0 Å². The Morgan fingerprint density at radius 1 is 1.41 bits per heavy atom. The standard InChI is InChI=1S/C14H28O2Si/c1-8-12-13(16-12)9-11(2)10-15-17(6,7)14(3,4)5/h8,11-13H,1,9-10H2,2-7H3/t11?,12-,13-/m1/s1. The van der Waals surface area contributed by atoms with Gasteiger partial charge in [-0.3, -0.25) is 0 Å². The van der Waals surface area contributed by atoms with Crippen LogP contribution in [-0.4, -0.2) is 27.1 Å². The number of hydrogen-bond donors (Lipinski definition) is 0. The Labute approximate surface area is 108 Å². The summed E-state index contributed by atoms with van der Waals surface area (Å²) in [5.41, 5.74) is 0. The molecule has 1 unspecified atom stereocenters. The van der Waals surface area contributed by atoms with E-state index in [2.05, 4.69) is 47.4 Å². The largest absolute Gasteiger partial charge is 0.417 e. The third-order valence-electron chi connectivity index (χ3n) is 4.02. The molecular weight excluding hydrogens is 228 g/mol. The van der Waals surface area contributed by atoms with E-state index in [0.29, 0.717) is 23.2 Å². The second-order valence-corrected chi connectivity index (χ2v) is 11.6. The summed E-state index contributed by atoms with van der Waals surface area (Å²) < 4.78 is 11.7. The molecule has 2 nitrogen and oxygen atoms in total. The summed E-state index contributed by atoms with van der Waals surface area (Å²) in [7, 11) is -1.58. The molecule has 0 bridgehead atoms. The highest BCUT2D eigenvalue weighted by molar-refractivity contribution is 6.74. The number of ether oxygens (including phenoxy) is 1. The van der Waals surface area contributed by atoms with E-state index in [0.717, 1.165) is 13.0 Å². The van der Waals surface area contributed by atoms with Crippen LogP contribution >= 0.6 is 0 Å². The van der Waals surface area contributed by atoms with Gasteiger partial charge in [-0.1, -0.05) is 33.8 Å². The van der Waals surface area contributed by atoms with Crippen molar-refractivity contribution in [1.82, 2.24) is 0 Å². The molecule has 0 aliphatic carbocycles. The Balaban J connectivity index is 2.28. The molecule has 0 aromatic rings. The topological polar surface area (TPSA) is 21.8 Å². The Morgan fingerprint density at radius 3 is 2.41 bits per heavy atom. The first-order valence-electron chi connectivity index (χ1n) is 6.59. The van der Waals surface area contributed by atoms with Gasteiger partial charge in [-0.15, -0.1) is 6.58 Å². The van der Waals surface area contributed by atoms with E-state index in [1.807, 2.05) is 6.08 Å². The molecule has 1 saturated heterocycles. The third-order valence-corrected chi connectivity index (χ3v) is 8.52. The van der Waals surface area contributed by atoms with Crippen molar-refractivity contribution in [2.75, 3.05) is 6.61 Å². The van der Waals surface area contributed by atoms with Crippen molar-refractivity contribution in [2.24, 2.45) is 5.92 Å². The molecule has 0 spiro atoms. The first kappa shape index (κ1) is 14.9. The summed E-state index contributed by atoms with van der Waals surface area (Å²) in [6, 6.07) is 0. The maximum atomic E-state index is 6.21. The quantitative estimate of drug-likeness (QED) is 0.407. The molecule has 0 aromatic carbocycles. The molecule has 1 fully saturated rings. The predicted octanol–water partition coefficient (Wildman–Crippen LogP) is 3.99. The number of rotatable bonds is 6. The lowest BCUT2D eigenvalue weighted by Gasteiger charge is -2.37. The van der Waals surface area contributed by atoms with Gasteiger partial charge >= 0.3 is 0 Å². The highest BCUT2D eigenvalue weighted by Crippen LogP contribution is 2.37. The van der Waals surface area contributed by atoms with Crippen LogP contribution < -0.4 is 0 Å². The zero-order chi connectivity index (χ0) is 13.3. The molecule has 0 saturated carbocycles. The van der Waals surface area contributed by atoms with Crippen molar-refractivity contribution in [3.8, 4) is 0 Å². The average Bonchev–Trinajstić information content (AvgIpc) is 2.92. The van der Waals surface area contributed by atoms with E-state index in [1.54, 1.807) is 0 Å². The molecule has 1 aliphatic heterocycles. The van der Waals surface area contributed by atoms with Crippen LogP contribution in [0.3, 0.4) is 0 Å². The van der Waals surface area contributed by atoms with Crippen molar-refractivity contribution in [3.05, 3.63) is 12.7 Å². The average molecular weight is 256 g/mol. The molecule has 0 N–H and O–H groups in total. The smallest absolute Gasteiger partial charge is 0.191 e. The van der Waals surface area contributed by atoms with Crippen molar-refractivity contribution in [2.45, 2.75) is 64.5 Å². The monoisotopic (exact) mass is 256 g/mol. The fraction of sp³-hybridized carbons (Fsp3) is 0.857. The van der Waals surface area contributed by atoms with Gasteiger partial charge in [0.1, 0.15) is 6.10 Å². The lowest BCUT2D eigenvalue weighted by atomic mass is 10.1. The van der Waals surface area contributed by atoms with E-state index in [4.69, 9.17) is 9.16 Å². The SMILES string of the molecule is C=C[C@H]1O[C@@H]1CC(C)CO[Si](C)(C)C(C)(C)C. The Kier molecular flexibility index (Phi) is 4.61. The first-order valence-corrected chi connectivity index (χ1v) is 9.50. The zero-order valence-electron chi connectivity index (χ0n) is 12.2. The normalized spacial score (nSPS) is 26.7. The summed E-state index contributed by atoms with van der Waals surface area (Å²) in [5.74, 6) is 0.569. The fourth-order valence-electron chi connectivity index (χ4n) is 1.59. The molecule has 0 amide bonds. The minimum absolute atomic E-state index is 0.297. The predicted molar refractivity (Wildman–Crippen MR) is 75.8 cm³/mol. The van der Waals surface area contributed by atoms with Crippen molar-refractivity contribution >= 4 is 8.32 Å². The molecule has 0 radical (unpaired) electrons. The maximum Gasteiger partial charge on any atom is 0.191 e. The summed E-state index contributed by atoms with van der Waals surface area (Å²) in [5, 5.41) is 0.298. The van der Waals surface area contributed by atoms with Crippen LogP contribution in [0.5, 0.6) is 0 Å². The van der Waals surface area contributed by atoms with Gasteiger partial charge in [0.05, 0.1) is 6.10 Å². The maximum absolute atomic E-state index is 6.21. The summed E-state index contributed by atoms with van der Waals surface area (Å²) in [4.78, 5) is 0. The van der Waals surface area contributed by atoms with Gasteiger partial charge in [0, 0.05) is 6.61 Å². The molecule has 3 heteroatoms. The van der Waals surface area contributed by atoms with E-state index in [-0.39, 0.29) is 0 Å². The second kappa shape index (κ2) is 5.25. The lowest BCUT2D eigenvalue weighted by Crippen LogP contribution is -2.41. The van der Waals surface area contributed by atoms with E-state index < -0.39 is 8.32 Å². The summed E-state index contributed by atoms with van der Waals surface area (Å²) >= 11 is 0. The van der Waals surface area contributed by atoms with Crippen LogP contribution in [0.4, 0.5) is 0 Å². The van der Waals surface area contributed by atoms with Gasteiger partial charge in [0.15, 0.2) is 8.32 Å². The third kappa shape index (κ3) is 4.23. The van der Waals surface area contributed by atoms with Crippen LogP contribution in [0.15, 0.2) is 12.7 Å². The van der Waals surface area contributed by atoms with Crippen LogP contribution in [-0.2, 0) is 9.16 Å². The van der Waals surface area contributed by atoms with Gasteiger partial charge in [-0.05, 0) is 30.5 Å². The molecular formula is C14H28O2Si. The zero-order valence-corrected chi connectivity index (χ0v) is 13.2. The fourth-order valence-corrected chi connectivity index (χ4v) is 2.72. The molecule has 1 rings (SSSR count). The highest BCUT2D eigenvalue weighted by Gasteiger charge is 2.39. The highest BCUT2D eigenvalue weighted by atomic mass is 28.4. The molecule has 1 heterocycles. The Hall–Kier alpha value is -0.123. The van der Waals surface area contributed by atoms with Gasteiger partial charge < -0.3 is 9.16 Å². The minimum atomic E-state index is -1.58. The first-order chi connectivity index (χ1) is 7.67. The Morgan fingerprint density at radius 2 is 2.00 bits per heavy atom. The molecule has 1 aliphatic rings. The molecule has 0 aromatic heterocycles. The minimum Gasteiger partial charge on any atom is -0.417 e. The van der Waals surface area contributed by atoms with Crippen LogP contribution in [0.1, 0.15) is 34.1 Å².